The van der Waals surface area contributed by atoms with Crippen molar-refractivity contribution in [2.75, 3.05) is 0 Å². The summed E-state index contributed by atoms with van der Waals surface area (Å²) in [6.45, 7) is 21.2. The molecule has 1 heterocycles. The van der Waals surface area contributed by atoms with Gasteiger partial charge in [0.1, 0.15) is 11.2 Å². The van der Waals surface area contributed by atoms with Crippen LogP contribution in [-0.2, 0) is 31.8 Å². The van der Waals surface area contributed by atoms with Crippen LogP contribution in [0.1, 0.15) is 91.5 Å². The molecule has 0 aliphatic heterocycles. The Labute approximate surface area is 180 Å². The lowest BCUT2D eigenvalue weighted by molar-refractivity contribution is -0.410. The lowest BCUT2D eigenvalue weighted by Gasteiger charge is -2.35. The number of rotatable bonds is 5. The summed E-state index contributed by atoms with van der Waals surface area (Å²) in [5.41, 5.74) is 4.45. The van der Waals surface area contributed by atoms with Crippen LogP contribution in [0, 0.1) is 0 Å². The van der Waals surface area contributed by atoms with E-state index < -0.39 is 11.2 Å². The van der Waals surface area contributed by atoms with Crippen LogP contribution in [0.5, 0.6) is 0 Å². The molecule has 0 fully saturated rings. The van der Waals surface area contributed by atoms with Crippen molar-refractivity contribution in [2.24, 2.45) is 0 Å². The fourth-order valence-corrected chi connectivity index (χ4v) is 3.78. The van der Waals surface area contributed by atoms with Crippen LogP contribution < -0.4 is 0 Å². The molecule has 0 aliphatic rings. The van der Waals surface area contributed by atoms with Crippen LogP contribution in [0.25, 0.3) is 11.2 Å². The van der Waals surface area contributed by atoms with Crippen molar-refractivity contribution in [3.63, 3.8) is 0 Å². The molecule has 3 rings (SSSR count). The molecule has 3 aromatic rings. The summed E-state index contributed by atoms with van der Waals surface area (Å²) in [5, 5.41) is 0. The van der Waals surface area contributed by atoms with E-state index in [2.05, 4.69) is 47.6 Å². The highest BCUT2D eigenvalue weighted by Crippen LogP contribution is 2.45. The third-order valence-corrected chi connectivity index (χ3v) is 5.58. The van der Waals surface area contributed by atoms with Crippen molar-refractivity contribution in [1.29, 1.82) is 0 Å². The molecule has 0 radical (unpaired) electrons. The van der Waals surface area contributed by atoms with Crippen LogP contribution >= 0.6 is 0 Å². The van der Waals surface area contributed by atoms with Crippen molar-refractivity contribution >= 4 is 11.2 Å². The summed E-state index contributed by atoms with van der Waals surface area (Å²) in [4.78, 5) is 12.0. The minimum absolute atomic E-state index is 0.0639. The van der Waals surface area contributed by atoms with E-state index in [0.717, 1.165) is 22.3 Å². The van der Waals surface area contributed by atoms with Gasteiger partial charge in [0.15, 0.2) is 0 Å². The van der Waals surface area contributed by atoms with Crippen LogP contribution in [0.2, 0.25) is 0 Å². The van der Waals surface area contributed by atoms with Gasteiger partial charge in [-0.2, -0.15) is 0 Å². The van der Waals surface area contributed by atoms with Gasteiger partial charge in [-0.05, 0) is 55.7 Å². The molecule has 1 aromatic heterocycles. The summed E-state index contributed by atoms with van der Waals surface area (Å²) < 4.78 is 11.0. The summed E-state index contributed by atoms with van der Waals surface area (Å²) in [5.74, 6) is 0. The van der Waals surface area contributed by atoms with Crippen LogP contribution in [-0.4, -0.2) is 0 Å². The molecule has 30 heavy (non-hydrogen) atoms. The molecule has 0 bridgehead atoms. The Morgan fingerprint density at radius 2 is 1.13 bits per heavy atom. The van der Waals surface area contributed by atoms with Gasteiger partial charge in [-0.15, -0.1) is 0 Å². The molecule has 4 nitrogen and oxygen atoms in total. The molecule has 0 saturated heterocycles. The fourth-order valence-electron chi connectivity index (χ4n) is 3.78. The number of fused-ring (bicyclic) bond motifs is 1. The highest BCUT2D eigenvalue weighted by atomic mass is 17.2. The Hall–Kier alpha value is -2.04. The van der Waals surface area contributed by atoms with E-state index in [4.69, 9.17) is 18.9 Å². The van der Waals surface area contributed by atoms with Crippen molar-refractivity contribution in [3.05, 3.63) is 58.7 Å². The molecule has 0 saturated carbocycles. The molecule has 0 spiro atoms. The monoisotopic (exact) mass is 412 g/mol. The van der Waals surface area contributed by atoms with E-state index in [-0.39, 0.29) is 10.8 Å². The van der Waals surface area contributed by atoms with Crippen molar-refractivity contribution < 1.29 is 18.9 Å². The maximum atomic E-state index is 6.06. The Balaban J connectivity index is 2.02. The van der Waals surface area contributed by atoms with Gasteiger partial charge in [-0.1, -0.05) is 71.9 Å². The average Bonchev–Trinajstić information content (AvgIpc) is 2.59. The third-order valence-electron chi connectivity index (χ3n) is 5.58. The van der Waals surface area contributed by atoms with Gasteiger partial charge in [-0.25, -0.2) is 9.78 Å². The lowest BCUT2D eigenvalue weighted by Crippen LogP contribution is -2.31. The maximum absolute atomic E-state index is 6.06. The van der Waals surface area contributed by atoms with Crippen molar-refractivity contribution in [1.82, 2.24) is 0 Å². The number of benzene rings is 2. The van der Waals surface area contributed by atoms with Crippen molar-refractivity contribution in [2.45, 2.75) is 91.3 Å². The Morgan fingerprint density at radius 3 is 1.60 bits per heavy atom. The van der Waals surface area contributed by atoms with Gasteiger partial charge in [0.2, 0.25) is 11.2 Å². The molecule has 2 aromatic carbocycles. The minimum atomic E-state index is -0.740. The van der Waals surface area contributed by atoms with Gasteiger partial charge in [0, 0.05) is 11.1 Å². The minimum Gasteiger partial charge on any atom is -0.285 e. The highest BCUT2D eigenvalue weighted by Gasteiger charge is 2.38. The molecular formula is C26H36O4. The maximum Gasteiger partial charge on any atom is 0.232 e. The SMILES string of the molecule is CC(C)(C)c1cc(C(C)(C)OOC(C)(C)c2ccccc2)c2ooc2c1C(C)(C)C. The largest absolute Gasteiger partial charge is 0.285 e. The van der Waals surface area contributed by atoms with E-state index in [1.807, 2.05) is 58.0 Å². The van der Waals surface area contributed by atoms with Gasteiger partial charge in [-0.3, -0.25) is 9.15 Å². The molecule has 0 amide bonds. The lowest BCUT2D eigenvalue weighted by atomic mass is 9.73. The van der Waals surface area contributed by atoms with E-state index in [9.17, 15) is 0 Å². The summed E-state index contributed by atoms with van der Waals surface area (Å²) in [7, 11) is 0. The Morgan fingerprint density at radius 1 is 0.600 bits per heavy atom. The third kappa shape index (κ3) is 4.21. The van der Waals surface area contributed by atoms with Gasteiger partial charge >= 0.3 is 0 Å². The zero-order valence-corrected chi connectivity index (χ0v) is 20.1. The number of hydrogen-bond donors (Lipinski definition) is 0. The van der Waals surface area contributed by atoms with Crippen molar-refractivity contribution in [3.8, 4) is 0 Å². The smallest absolute Gasteiger partial charge is 0.232 e. The van der Waals surface area contributed by atoms with E-state index in [0.29, 0.717) is 0 Å². The summed E-state index contributed by atoms with van der Waals surface area (Å²) >= 11 is 0. The van der Waals surface area contributed by atoms with Crippen LogP contribution in [0.3, 0.4) is 0 Å². The zero-order chi connectivity index (χ0) is 22.5. The van der Waals surface area contributed by atoms with Crippen LogP contribution in [0.15, 0.2) is 45.6 Å². The normalized spacial score (nSPS) is 13.9. The molecule has 0 unspecified atom stereocenters. The topological polar surface area (TPSA) is 44.7 Å². The molecular weight excluding hydrogens is 376 g/mol. The van der Waals surface area contributed by atoms with Gasteiger partial charge in [0.05, 0.1) is 0 Å². The predicted molar refractivity (Wildman–Crippen MR) is 121 cm³/mol. The Bertz CT molecular complexity index is 1010. The first-order valence-corrected chi connectivity index (χ1v) is 10.6. The second-order valence-corrected chi connectivity index (χ2v) is 11.2. The van der Waals surface area contributed by atoms with E-state index >= 15 is 0 Å². The molecule has 164 valence electrons. The first kappa shape index (κ1) is 22.6. The molecule has 0 atom stereocenters. The number of hydrogen-bond acceptors (Lipinski definition) is 4. The predicted octanol–water partition coefficient (Wildman–Crippen LogP) is 7.74. The van der Waals surface area contributed by atoms with Gasteiger partial charge in [0.25, 0.3) is 0 Å². The van der Waals surface area contributed by atoms with Gasteiger partial charge < -0.3 is 0 Å². The quantitative estimate of drug-likeness (QED) is 0.317. The second-order valence-electron chi connectivity index (χ2n) is 11.2. The molecule has 0 aliphatic carbocycles. The molecule has 4 heteroatoms. The first-order chi connectivity index (χ1) is 13.6. The second kappa shape index (κ2) is 7.28. The fraction of sp³-hybridized carbons (Fsp3) is 0.538. The summed E-state index contributed by atoms with van der Waals surface area (Å²) in [6, 6.07) is 12.3. The Kier molecular flexibility index (Phi) is 5.49. The first-order valence-electron chi connectivity index (χ1n) is 10.6. The highest BCUT2D eigenvalue weighted by molar-refractivity contribution is 5.82. The molecule has 0 N–H and O–H groups in total. The van der Waals surface area contributed by atoms with E-state index in [1.54, 1.807) is 0 Å². The van der Waals surface area contributed by atoms with E-state index in [1.165, 1.54) is 11.1 Å². The standard InChI is InChI=1S/C26H36O4/c1-23(2,3)18-16-19(21-22(28-27-21)20(18)24(4,5)6)26(9,10)30-29-25(7,8)17-14-12-11-13-15-17/h11-16H,1-10H3. The summed E-state index contributed by atoms with van der Waals surface area (Å²) in [6.07, 6.45) is 0. The zero-order valence-electron chi connectivity index (χ0n) is 20.1. The van der Waals surface area contributed by atoms with Crippen LogP contribution in [0.4, 0.5) is 0 Å². The average molecular weight is 413 g/mol.